The lowest BCUT2D eigenvalue weighted by molar-refractivity contribution is 0.0999. The first-order valence-electron chi connectivity index (χ1n) is 6.18. The second kappa shape index (κ2) is 5.82. The van der Waals surface area contributed by atoms with Crippen molar-refractivity contribution in [3.8, 4) is 5.75 Å². The third-order valence-electron chi connectivity index (χ3n) is 2.72. The summed E-state index contributed by atoms with van der Waals surface area (Å²) in [7, 11) is 0. The molecule has 3 nitrogen and oxygen atoms in total. The van der Waals surface area contributed by atoms with Gasteiger partial charge in [0.15, 0.2) is 0 Å². The van der Waals surface area contributed by atoms with E-state index < -0.39 is 6.10 Å². The van der Waals surface area contributed by atoms with E-state index in [1.165, 1.54) is 10.4 Å². The van der Waals surface area contributed by atoms with Gasteiger partial charge in [-0.15, -0.1) is 11.3 Å². The summed E-state index contributed by atoms with van der Waals surface area (Å²) < 4.78 is 5.72. The molecule has 0 radical (unpaired) electrons. The van der Waals surface area contributed by atoms with Crippen LogP contribution in [0.2, 0.25) is 0 Å². The van der Waals surface area contributed by atoms with Crippen molar-refractivity contribution in [2.75, 3.05) is 13.2 Å². The van der Waals surface area contributed by atoms with Gasteiger partial charge in [0.05, 0.1) is 0 Å². The third kappa shape index (κ3) is 3.88. The molecule has 1 aromatic heterocycles. The normalized spacial score (nSPS) is 16.7. The molecule has 0 aliphatic carbocycles. The number of thiophene rings is 1. The molecule has 1 atom stereocenters. The fourth-order valence-electron chi connectivity index (χ4n) is 1.71. The Labute approximate surface area is 117 Å². The summed E-state index contributed by atoms with van der Waals surface area (Å²) in [6.45, 7) is 7.18. The molecule has 0 saturated carbocycles. The number of aliphatic hydroxyl groups excluding tert-OH is 1. The molecular formula is C13H21NO2S2. The van der Waals surface area contributed by atoms with Gasteiger partial charge in [0.25, 0.3) is 0 Å². The molecule has 102 valence electrons. The molecule has 1 unspecified atom stereocenters. The van der Waals surface area contributed by atoms with Crippen molar-refractivity contribution in [3.05, 3.63) is 15.8 Å². The first-order chi connectivity index (χ1) is 8.46. The van der Waals surface area contributed by atoms with Crippen LogP contribution in [0.5, 0.6) is 5.75 Å². The van der Waals surface area contributed by atoms with Crippen molar-refractivity contribution in [2.24, 2.45) is 0 Å². The van der Waals surface area contributed by atoms with Crippen molar-refractivity contribution in [2.45, 2.75) is 43.9 Å². The zero-order valence-corrected chi connectivity index (χ0v) is 12.8. The van der Waals surface area contributed by atoms with Gasteiger partial charge in [-0.05, 0) is 20.8 Å². The van der Waals surface area contributed by atoms with Crippen LogP contribution in [-0.2, 0) is 11.5 Å². The van der Waals surface area contributed by atoms with E-state index in [2.05, 4.69) is 31.5 Å². The van der Waals surface area contributed by atoms with E-state index in [0.29, 0.717) is 13.2 Å². The molecule has 2 N–H and O–H groups in total. The highest BCUT2D eigenvalue weighted by Crippen LogP contribution is 2.40. The van der Waals surface area contributed by atoms with Crippen LogP contribution in [0.25, 0.3) is 0 Å². The molecule has 0 saturated heterocycles. The summed E-state index contributed by atoms with van der Waals surface area (Å²) in [5.74, 6) is 3.12. The first-order valence-corrected chi connectivity index (χ1v) is 8.22. The molecule has 5 heteroatoms. The van der Waals surface area contributed by atoms with Gasteiger partial charge >= 0.3 is 0 Å². The number of hydrogen-bond acceptors (Lipinski definition) is 5. The Morgan fingerprint density at radius 3 is 2.94 bits per heavy atom. The molecule has 0 aromatic carbocycles. The van der Waals surface area contributed by atoms with Crippen LogP contribution < -0.4 is 10.1 Å². The maximum atomic E-state index is 9.87. The Morgan fingerprint density at radius 1 is 1.44 bits per heavy atom. The summed E-state index contributed by atoms with van der Waals surface area (Å²) in [5.41, 5.74) is 1.36. The van der Waals surface area contributed by atoms with Gasteiger partial charge in [-0.1, -0.05) is 0 Å². The Hall–Kier alpha value is -0.230. The highest BCUT2D eigenvalue weighted by atomic mass is 32.2. The molecule has 0 spiro atoms. The fourth-order valence-corrected chi connectivity index (χ4v) is 4.08. The van der Waals surface area contributed by atoms with Crippen molar-refractivity contribution < 1.29 is 9.84 Å². The Morgan fingerprint density at radius 2 is 2.22 bits per heavy atom. The van der Waals surface area contributed by atoms with Crippen LogP contribution >= 0.6 is 23.1 Å². The Bertz CT molecular complexity index is 398. The molecule has 1 aliphatic rings. The number of fused-ring (bicyclic) bond motifs is 1. The maximum absolute atomic E-state index is 9.87. The van der Waals surface area contributed by atoms with E-state index in [4.69, 9.17) is 4.74 Å². The minimum absolute atomic E-state index is 0.0290. The second-order valence-corrected chi connectivity index (χ2v) is 7.54. The van der Waals surface area contributed by atoms with Crippen LogP contribution in [0.4, 0.5) is 0 Å². The van der Waals surface area contributed by atoms with Crippen LogP contribution in [0.15, 0.2) is 5.38 Å². The molecule has 0 bridgehead atoms. The average molecular weight is 287 g/mol. The molecule has 1 aliphatic heterocycles. The van der Waals surface area contributed by atoms with Crippen molar-refractivity contribution in [3.63, 3.8) is 0 Å². The van der Waals surface area contributed by atoms with Crippen LogP contribution in [0.3, 0.4) is 0 Å². The van der Waals surface area contributed by atoms with E-state index in [9.17, 15) is 5.11 Å². The lowest BCUT2D eigenvalue weighted by Crippen LogP contribution is -2.42. The Kier molecular flexibility index (Phi) is 4.59. The van der Waals surface area contributed by atoms with E-state index in [0.717, 1.165) is 17.3 Å². The Balaban J connectivity index is 1.77. The molecule has 1 aromatic rings. The molecule has 2 rings (SSSR count). The van der Waals surface area contributed by atoms with E-state index in [1.807, 2.05) is 11.8 Å². The van der Waals surface area contributed by atoms with E-state index in [-0.39, 0.29) is 5.54 Å². The lowest BCUT2D eigenvalue weighted by Gasteiger charge is -2.22. The quantitative estimate of drug-likeness (QED) is 0.873. The number of thioether (sulfide) groups is 1. The van der Waals surface area contributed by atoms with Crippen molar-refractivity contribution >= 4 is 23.1 Å². The maximum Gasteiger partial charge on any atom is 0.134 e. The highest BCUT2D eigenvalue weighted by Gasteiger charge is 2.19. The highest BCUT2D eigenvalue weighted by molar-refractivity contribution is 7.98. The van der Waals surface area contributed by atoms with Gasteiger partial charge in [-0.3, -0.25) is 0 Å². The number of β-amino-alcohol motifs (C(OH)–C–C–N with tert-alkyl or cyclic N) is 1. The number of hydrogen-bond donors (Lipinski definition) is 2. The zero-order valence-electron chi connectivity index (χ0n) is 11.2. The van der Waals surface area contributed by atoms with Gasteiger partial charge in [0.2, 0.25) is 0 Å². The monoisotopic (exact) mass is 287 g/mol. The van der Waals surface area contributed by atoms with Gasteiger partial charge in [0.1, 0.15) is 18.5 Å². The molecule has 2 heterocycles. The van der Waals surface area contributed by atoms with E-state index >= 15 is 0 Å². The molecule has 0 amide bonds. The second-order valence-electron chi connectivity index (χ2n) is 5.59. The number of ether oxygens (including phenoxy) is 1. The van der Waals surface area contributed by atoms with Gasteiger partial charge in [-0.2, -0.15) is 11.8 Å². The SMILES string of the molecule is CC(C)(C)NCC(O)COc1csc2c1CSC2. The minimum Gasteiger partial charge on any atom is -0.490 e. The van der Waals surface area contributed by atoms with Gasteiger partial charge in [-0.25, -0.2) is 0 Å². The van der Waals surface area contributed by atoms with Crippen LogP contribution in [-0.4, -0.2) is 29.9 Å². The lowest BCUT2D eigenvalue weighted by atomic mass is 10.1. The largest absolute Gasteiger partial charge is 0.490 e. The number of rotatable bonds is 5. The first kappa shape index (κ1) is 14.2. The van der Waals surface area contributed by atoms with Gasteiger partial charge in [0, 0.05) is 39.4 Å². The summed E-state index contributed by atoms with van der Waals surface area (Å²) >= 11 is 3.69. The van der Waals surface area contributed by atoms with Crippen molar-refractivity contribution in [1.82, 2.24) is 5.32 Å². The number of nitrogens with one attached hydrogen (secondary N) is 1. The molecule has 18 heavy (non-hydrogen) atoms. The minimum atomic E-state index is -0.464. The standard InChI is InChI=1S/C13H21NO2S2/c1-13(2,3)14-4-9(15)5-16-11-7-18-12-8-17-6-10(11)12/h7,9,14-15H,4-6,8H2,1-3H3. The summed E-state index contributed by atoms with van der Waals surface area (Å²) in [6.07, 6.45) is -0.464. The molecular weight excluding hydrogens is 266 g/mol. The topological polar surface area (TPSA) is 41.5 Å². The van der Waals surface area contributed by atoms with Crippen molar-refractivity contribution in [1.29, 1.82) is 0 Å². The van der Waals surface area contributed by atoms with Gasteiger partial charge < -0.3 is 15.2 Å². The summed E-state index contributed by atoms with van der Waals surface area (Å²) in [6, 6.07) is 0. The average Bonchev–Trinajstić information content (AvgIpc) is 2.85. The summed E-state index contributed by atoms with van der Waals surface area (Å²) in [4.78, 5) is 1.43. The fraction of sp³-hybridized carbons (Fsp3) is 0.692. The predicted octanol–water partition coefficient (Wildman–Crippen LogP) is 2.62. The summed E-state index contributed by atoms with van der Waals surface area (Å²) in [5, 5.41) is 15.2. The van der Waals surface area contributed by atoms with Crippen LogP contribution in [0, 0.1) is 0 Å². The zero-order chi connectivity index (χ0) is 13.2. The number of aliphatic hydroxyl groups is 1. The molecule has 0 fully saturated rings. The third-order valence-corrected chi connectivity index (χ3v) is 4.90. The van der Waals surface area contributed by atoms with E-state index in [1.54, 1.807) is 11.3 Å². The van der Waals surface area contributed by atoms with Crippen LogP contribution in [0.1, 0.15) is 31.2 Å². The predicted molar refractivity (Wildman–Crippen MR) is 78.6 cm³/mol. The smallest absolute Gasteiger partial charge is 0.134 e.